The number of alkyl halides is 2. The van der Waals surface area contributed by atoms with Gasteiger partial charge in [-0.15, -0.1) is 0 Å². The first kappa shape index (κ1) is 30.2. The van der Waals surface area contributed by atoms with Gasteiger partial charge in [-0.1, -0.05) is 36.4 Å². The van der Waals surface area contributed by atoms with Crippen molar-refractivity contribution in [3.05, 3.63) is 101 Å². The third-order valence-corrected chi connectivity index (χ3v) is 7.37. The van der Waals surface area contributed by atoms with Gasteiger partial charge in [-0.05, 0) is 42.8 Å². The van der Waals surface area contributed by atoms with E-state index in [1.54, 1.807) is 36.4 Å². The van der Waals surface area contributed by atoms with Crippen molar-refractivity contribution >= 4 is 23.8 Å². The molecule has 226 valence electrons. The quantitative estimate of drug-likeness (QED) is 0.216. The Morgan fingerprint density at radius 3 is 2.05 bits per heavy atom. The topological polar surface area (TPSA) is 107 Å². The summed E-state index contributed by atoms with van der Waals surface area (Å²) >= 11 is 0. The maximum Gasteiger partial charge on any atom is 0.343 e. The van der Waals surface area contributed by atoms with Crippen LogP contribution in [0.5, 0.6) is 17.2 Å². The molecule has 2 fully saturated rings. The lowest BCUT2D eigenvalue weighted by Gasteiger charge is -2.27. The summed E-state index contributed by atoms with van der Waals surface area (Å²) in [6.07, 6.45) is -0.718. The molecular formula is C32H27F2N3O7. The smallest absolute Gasteiger partial charge is 0.343 e. The third-order valence-electron chi connectivity index (χ3n) is 7.37. The minimum absolute atomic E-state index is 0.147. The Kier molecular flexibility index (Phi) is 8.57. The van der Waals surface area contributed by atoms with Crippen LogP contribution in [-0.4, -0.2) is 71.9 Å². The molecule has 5 rings (SSSR count). The lowest BCUT2D eigenvalue weighted by molar-refractivity contribution is -0.135. The van der Waals surface area contributed by atoms with Crippen molar-refractivity contribution in [2.45, 2.75) is 37.4 Å². The van der Waals surface area contributed by atoms with E-state index in [-0.39, 0.29) is 40.5 Å². The summed E-state index contributed by atoms with van der Waals surface area (Å²) in [6, 6.07) is 16.6. The summed E-state index contributed by atoms with van der Waals surface area (Å²) in [6.45, 7) is 6.55. The van der Waals surface area contributed by atoms with Gasteiger partial charge in [0.1, 0.15) is 6.04 Å². The van der Waals surface area contributed by atoms with Crippen LogP contribution < -0.4 is 14.2 Å². The highest BCUT2D eigenvalue weighted by atomic mass is 19.3. The van der Waals surface area contributed by atoms with E-state index < -0.39 is 54.8 Å². The second-order valence-corrected chi connectivity index (χ2v) is 10.3. The number of halogens is 2. The summed E-state index contributed by atoms with van der Waals surface area (Å²) in [5.41, 5.74) is 0.0690. The molecule has 0 aliphatic carbocycles. The molecule has 2 heterocycles. The van der Waals surface area contributed by atoms with Gasteiger partial charge in [-0.2, -0.15) is 0 Å². The Balaban J connectivity index is 1.53. The molecule has 10 nitrogen and oxygen atoms in total. The van der Waals surface area contributed by atoms with Crippen LogP contribution in [0.25, 0.3) is 4.85 Å². The van der Waals surface area contributed by atoms with E-state index in [1.807, 2.05) is 0 Å². The Bertz CT molecular complexity index is 1630. The standard InChI is InChI=1S/C32H27F2N3O7/c1-35-26-14-9-15-36(26)29(39)23-18-32(33,34)19-37(23)28(38)22-16-24(42-2)27(44-31(41)21-12-7-4-8-13-21)25(17-22)43-30(40)20-10-5-3-6-11-20/h3-8,10-13,16-17,23,26H,9,14-15,18-19H2,2H3/t23-,26?/m0/s1. The Labute approximate surface area is 251 Å². The fourth-order valence-electron chi connectivity index (χ4n) is 5.24. The van der Waals surface area contributed by atoms with Gasteiger partial charge in [0.25, 0.3) is 17.7 Å². The molecule has 3 aromatic carbocycles. The highest BCUT2D eigenvalue weighted by molar-refractivity contribution is 6.00. The highest BCUT2D eigenvalue weighted by Crippen LogP contribution is 2.42. The normalized spacial score (nSPS) is 18.8. The number of rotatable bonds is 7. The van der Waals surface area contributed by atoms with E-state index in [1.165, 1.54) is 36.3 Å². The molecule has 0 spiro atoms. The number of ether oxygens (including phenoxy) is 3. The van der Waals surface area contributed by atoms with E-state index >= 15 is 0 Å². The zero-order chi connectivity index (χ0) is 31.4. The molecule has 1 unspecified atom stereocenters. The van der Waals surface area contributed by atoms with E-state index in [0.29, 0.717) is 12.8 Å². The van der Waals surface area contributed by atoms with Crippen molar-refractivity contribution in [1.29, 1.82) is 0 Å². The zero-order valence-electron chi connectivity index (χ0n) is 23.6. The number of nitrogens with zero attached hydrogens (tertiary/aromatic N) is 3. The van der Waals surface area contributed by atoms with E-state index in [0.717, 1.165) is 17.0 Å². The third kappa shape index (κ3) is 6.22. The first-order valence-electron chi connectivity index (χ1n) is 13.7. The molecule has 2 aliphatic rings. The van der Waals surface area contributed by atoms with Crippen molar-refractivity contribution in [1.82, 2.24) is 9.80 Å². The molecular weight excluding hydrogens is 576 g/mol. The number of carbonyl (C=O) groups is 4. The number of esters is 2. The van der Waals surface area contributed by atoms with E-state index in [2.05, 4.69) is 4.85 Å². The van der Waals surface area contributed by atoms with Crippen LogP contribution in [0, 0.1) is 6.57 Å². The summed E-state index contributed by atoms with van der Waals surface area (Å²) in [5.74, 6) is -7.62. The van der Waals surface area contributed by atoms with Crippen LogP contribution >= 0.6 is 0 Å². The number of benzene rings is 3. The molecule has 44 heavy (non-hydrogen) atoms. The molecule has 12 heteroatoms. The Morgan fingerprint density at radius 1 is 0.864 bits per heavy atom. The number of hydrogen-bond acceptors (Lipinski definition) is 7. The van der Waals surface area contributed by atoms with Crippen molar-refractivity contribution in [3.63, 3.8) is 0 Å². The summed E-state index contributed by atoms with van der Waals surface area (Å²) < 4.78 is 46.0. The Morgan fingerprint density at radius 2 is 1.45 bits per heavy atom. The maximum absolute atomic E-state index is 14.7. The lowest BCUT2D eigenvalue weighted by atomic mass is 10.1. The minimum Gasteiger partial charge on any atom is -0.493 e. The largest absolute Gasteiger partial charge is 0.493 e. The number of likely N-dealkylation sites (tertiary alicyclic amines) is 2. The van der Waals surface area contributed by atoms with Crippen molar-refractivity contribution in [3.8, 4) is 17.2 Å². The fourth-order valence-corrected chi connectivity index (χ4v) is 5.24. The maximum atomic E-state index is 14.7. The molecule has 0 bridgehead atoms. The Hall–Kier alpha value is -5.31. The highest BCUT2D eigenvalue weighted by Gasteiger charge is 2.52. The number of carbonyl (C=O) groups excluding carboxylic acids is 4. The number of hydrogen-bond donors (Lipinski definition) is 0. The number of methoxy groups -OCH3 is 1. The predicted molar refractivity (Wildman–Crippen MR) is 152 cm³/mol. The second kappa shape index (κ2) is 12.5. The van der Waals surface area contributed by atoms with Gasteiger partial charge in [0.05, 0.1) is 24.8 Å². The van der Waals surface area contributed by atoms with Crippen LogP contribution in [0.15, 0.2) is 72.8 Å². The fraction of sp³-hybridized carbons (Fsp3) is 0.281. The van der Waals surface area contributed by atoms with Crippen molar-refractivity contribution < 1.29 is 42.2 Å². The van der Waals surface area contributed by atoms with Gasteiger partial charge < -0.3 is 19.1 Å². The summed E-state index contributed by atoms with van der Waals surface area (Å²) in [7, 11) is 1.22. The van der Waals surface area contributed by atoms with Crippen LogP contribution in [0.3, 0.4) is 0 Å². The molecule has 2 aliphatic heterocycles. The van der Waals surface area contributed by atoms with Gasteiger partial charge in [0.2, 0.25) is 5.75 Å². The van der Waals surface area contributed by atoms with Crippen LogP contribution in [0.2, 0.25) is 0 Å². The zero-order valence-corrected chi connectivity index (χ0v) is 23.6. The summed E-state index contributed by atoms with van der Waals surface area (Å²) in [4.78, 5) is 58.5. The first-order chi connectivity index (χ1) is 21.1. The van der Waals surface area contributed by atoms with Gasteiger partial charge >= 0.3 is 18.1 Å². The molecule has 0 aromatic heterocycles. The SMILES string of the molecule is [C-]#[N+]C1CCCN1C(=O)[C@@H]1CC(F)(F)CN1C(=O)c1cc(OC)c(OC(=O)c2ccccc2)c(OC(=O)c2ccccc2)c1. The minimum atomic E-state index is -3.36. The van der Waals surface area contributed by atoms with Gasteiger partial charge in [0.15, 0.2) is 11.5 Å². The monoisotopic (exact) mass is 603 g/mol. The van der Waals surface area contributed by atoms with Crippen LogP contribution in [0.1, 0.15) is 50.3 Å². The van der Waals surface area contributed by atoms with Crippen LogP contribution in [0.4, 0.5) is 8.78 Å². The van der Waals surface area contributed by atoms with Crippen molar-refractivity contribution in [2.75, 3.05) is 20.2 Å². The molecule has 2 atom stereocenters. The lowest BCUT2D eigenvalue weighted by Crippen LogP contribution is -2.48. The molecule has 2 amide bonds. The van der Waals surface area contributed by atoms with E-state index in [9.17, 15) is 28.0 Å². The molecule has 3 aromatic rings. The van der Waals surface area contributed by atoms with E-state index in [4.69, 9.17) is 20.8 Å². The summed E-state index contributed by atoms with van der Waals surface area (Å²) in [5, 5.41) is 0. The van der Waals surface area contributed by atoms with Gasteiger partial charge in [-0.3, -0.25) is 19.3 Å². The second-order valence-electron chi connectivity index (χ2n) is 10.3. The number of amides is 2. The average Bonchev–Trinajstić information content (AvgIpc) is 3.65. The van der Waals surface area contributed by atoms with Gasteiger partial charge in [-0.25, -0.2) is 24.9 Å². The average molecular weight is 604 g/mol. The predicted octanol–water partition coefficient (Wildman–Crippen LogP) is 4.85. The first-order valence-corrected chi connectivity index (χ1v) is 13.7. The molecule has 2 saturated heterocycles. The van der Waals surface area contributed by atoms with Gasteiger partial charge in [0, 0.05) is 24.9 Å². The molecule has 0 saturated carbocycles. The van der Waals surface area contributed by atoms with Crippen LogP contribution in [-0.2, 0) is 4.79 Å². The molecule has 0 N–H and O–H groups in total. The van der Waals surface area contributed by atoms with Crippen molar-refractivity contribution in [2.24, 2.45) is 0 Å². The molecule has 0 radical (unpaired) electrons.